The summed E-state index contributed by atoms with van der Waals surface area (Å²) in [6, 6.07) is 44.5. The Bertz CT molecular complexity index is 2190. The van der Waals surface area contributed by atoms with Gasteiger partial charge in [0.1, 0.15) is 11.3 Å². The molecule has 0 unspecified atom stereocenters. The van der Waals surface area contributed by atoms with Gasteiger partial charge in [0.25, 0.3) is 0 Å². The molecule has 0 fully saturated rings. The maximum Gasteiger partial charge on any atom is 0.242 e. The lowest BCUT2D eigenvalue weighted by atomic mass is 9.34. The SMILES string of the molecule is Cc1cc(C)c(B(c2cc(-c3cc4ccccc4o3)cc(N3c4ccccc4Sc4ccccc43)c2)c2c(C)cc(C)cc2C)c(C)c1. The summed E-state index contributed by atoms with van der Waals surface area (Å²) >= 11 is 1.84. The van der Waals surface area contributed by atoms with Gasteiger partial charge >= 0.3 is 0 Å². The zero-order valence-corrected chi connectivity index (χ0v) is 29.2. The van der Waals surface area contributed by atoms with Crippen LogP contribution in [0.3, 0.4) is 0 Å². The van der Waals surface area contributed by atoms with Crippen molar-refractivity contribution in [2.45, 2.75) is 51.3 Å². The molecule has 48 heavy (non-hydrogen) atoms. The van der Waals surface area contributed by atoms with Gasteiger partial charge < -0.3 is 9.32 Å². The third-order valence-electron chi connectivity index (χ3n) is 9.73. The van der Waals surface area contributed by atoms with Crippen LogP contribution in [0.5, 0.6) is 0 Å². The fourth-order valence-electron chi connectivity index (χ4n) is 7.95. The van der Waals surface area contributed by atoms with E-state index in [1.165, 1.54) is 70.9 Å². The molecule has 0 amide bonds. The molecule has 0 atom stereocenters. The molecule has 7 aromatic rings. The average molecular weight is 640 g/mol. The number of hydrogen-bond acceptors (Lipinski definition) is 3. The van der Waals surface area contributed by atoms with Crippen LogP contribution in [0.1, 0.15) is 33.4 Å². The van der Waals surface area contributed by atoms with Crippen molar-refractivity contribution in [1.82, 2.24) is 0 Å². The number of nitrogens with zero attached hydrogens (tertiary/aromatic N) is 1. The molecule has 8 rings (SSSR count). The Morgan fingerprint density at radius 2 is 1.06 bits per heavy atom. The van der Waals surface area contributed by atoms with Crippen molar-refractivity contribution in [1.29, 1.82) is 0 Å². The first kappa shape index (κ1) is 30.4. The van der Waals surface area contributed by atoms with Gasteiger partial charge in [-0.1, -0.05) is 134 Å². The standard InChI is InChI=1S/C44H38BNOS/c1-27-19-29(3)43(30(4)20-27)45(44-31(5)21-28(2)22-32(44)6)35-23-34(40-25-33-13-7-10-16-39(33)47-40)24-36(26-35)46-37-14-8-11-17-41(37)48-42-18-12-9-15-38(42)46/h7-26H,1-6H3. The first-order valence-corrected chi connectivity index (χ1v) is 17.5. The molecule has 1 aliphatic rings. The molecule has 0 N–H and O–H groups in total. The summed E-state index contributed by atoms with van der Waals surface area (Å²) in [6.45, 7) is 13.5. The zero-order valence-electron chi connectivity index (χ0n) is 28.4. The zero-order chi connectivity index (χ0) is 33.1. The van der Waals surface area contributed by atoms with Crippen molar-refractivity contribution in [3.05, 3.63) is 155 Å². The Hall–Kier alpha value is -4.93. The highest BCUT2D eigenvalue weighted by Gasteiger charge is 2.31. The number of hydrogen-bond donors (Lipinski definition) is 0. The molecule has 6 aromatic carbocycles. The van der Waals surface area contributed by atoms with Crippen LogP contribution in [0.15, 0.2) is 136 Å². The van der Waals surface area contributed by atoms with Gasteiger partial charge in [-0.05, 0) is 90.1 Å². The highest BCUT2D eigenvalue weighted by molar-refractivity contribution is 7.99. The van der Waals surface area contributed by atoms with E-state index in [1.54, 1.807) is 0 Å². The van der Waals surface area contributed by atoms with Gasteiger partial charge in [-0.15, -0.1) is 0 Å². The molecule has 0 saturated heterocycles. The predicted molar refractivity (Wildman–Crippen MR) is 206 cm³/mol. The van der Waals surface area contributed by atoms with Gasteiger partial charge in [-0.2, -0.15) is 0 Å². The van der Waals surface area contributed by atoms with Gasteiger partial charge in [-0.3, -0.25) is 0 Å². The Morgan fingerprint density at radius 3 is 1.62 bits per heavy atom. The van der Waals surface area contributed by atoms with E-state index in [9.17, 15) is 0 Å². The topological polar surface area (TPSA) is 16.4 Å². The molecule has 0 aliphatic carbocycles. The second kappa shape index (κ2) is 11.9. The minimum absolute atomic E-state index is 0.0268. The van der Waals surface area contributed by atoms with Gasteiger partial charge in [0, 0.05) is 26.4 Å². The summed E-state index contributed by atoms with van der Waals surface area (Å²) in [5.41, 5.74) is 17.3. The lowest BCUT2D eigenvalue weighted by Gasteiger charge is -2.34. The van der Waals surface area contributed by atoms with Crippen LogP contribution in [0.4, 0.5) is 17.1 Å². The van der Waals surface area contributed by atoms with Crippen LogP contribution in [0.2, 0.25) is 0 Å². The molecular weight excluding hydrogens is 601 g/mol. The van der Waals surface area contributed by atoms with Gasteiger partial charge in [0.05, 0.1) is 11.4 Å². The van der Waals surface area contributed by atoms with Crippen LogP contribution in [0, 0.1) is 41.5 Å². The third-order valence-corrected chi connectivity index (χ3v) is 10.9. The van der Waals surface area contributed by atoms with E-state index >= 15 is 0 Å². The summed E-state index contributed by atoms with van der Waals surface area (Å²) in [6.07, 6.45) is 0. The summed E-state index contributed by atoms with van der Waals surface area (Å²) in [5.74, 6) is 0.876. The number of benzene rings is 6. The summed E-state index contributed by atoms with van der Waals surface area (Å²) in [5, 5.41) is 1.11. The van der Waals surface area contributed by atoms with E-state index in [-0.39, 0.29) is 6.71 Å². The molecule has 1 aliphatic heterocycles. The van der Waals surface area contributed by atoms with Crippen LogP contribution < -0.4 is 21.3 Å². The minimum Gasteiger partial charge on any atom is -0.456 e. The fourth-order valence-corrected chi connectivity index (χ4v) is 9.01. The second-order valence-electron chi connectivity index (χ2n) is 13.4. The molecule has 2 nitrogen and oxygen atoms in total. The molecule has 0 bridgehead atoms. The average Bonchev–Trinajstić information content (AvgIpc) is 3.50. The van der Waals surface area contributed by atoms with Crippen molar-refractivity contribution < 1.29 is 4.42 Å². The summed E-state index contributed by atoms with van der Waals surface area (Å²) in [4.78, 5) is 4.94. The van der Waals surface area contributed by atoms with Crippen molar-refractivity contribution in [3.8, 4) is 11.3 Å². The van der Waals surface area contributed by atoms with E-state index in [0.29, 0.717) is 0 Å². The maximum atomic E-state index is 6.59. The van der Waals surface area contributed by atoms with Crippen LogP contribution in [0.25, 0.3) is 22.3 Å². The molecule has 0 radical (unpaired) electrons. The van der Waals surface area contributed by atoms with Crippen molar-refractivity contribution in [3.63, 3.8) is 0 Å². The largest absolute Gasteiger partial charge is 0.456 e. The van der Waals surface area contributed by atoms with E-state index in [2.05, 4.69) is 162 Å². The lowest BCUT2D eigenvalue weighted by molar-refractivity contribution is 0.631. The Kier molecular flexibility index (Phi) is 7.57. The monoisotopic (exact) mass is 639 g/mol. The molecular formula is C44H38BNOS. The molecule has 2 heterocycles. The van der Waals surface area contributed by atoms with Gasteiger partial charge in [0.2, 0.25) is 6.71 Å². The molecule has 234 valence electrons. The smallest absolute Gasteiger partial charge is 0.242 e. The highest BCUT2D eigenvalue weighted by atomic mass is 32.2. The van der Waals surface area contributed by atoms with Crippen LogP contribution in [-0.2, 0) is 0 Å². The first-order valence-electron chi connectivity index (χ1n) is 16.7. The second-order valence-corrected chi connectivity index (χ2v) is 14.5. The quantitative estimate of drug-likeness (QED) is 0.174. The predicted octanol–water partition coefficient (Wildman–Crippen LogP) is 10.4. The van der Waals surface area contributed by atoms with Gasteiger partial charge in [0.15, 0.2) is 0 Å². The summed E-state index contributed by atoms with van der Waals surface area (Å²) < 4.78 is 6.59. The van der Waals surface area contributed by atoms with E-state index in [1.807, 2.05) is 17.8 Å². The molecule has 0 saturated carbocycles. The Balaban J connectivity index is 1.46. The molecule has 4 heteroatoms. The molecule has 1 aromatic heterocycles. The highest BCUT2D eigenvalue weighted by Crippen LogP contribution is 2.51. The Morgan fingerprint density at radius 1 is 0.542 bits per heavy atom. The minimum atomic E-state index is 0.0268. The number of aryl methyl sites for hydroxylation is 6. The Labute approximate surface area is 288 Å². The number of fused-ring (bicyclic) bond motifs is 3. The van der Waals surface area contributed by atoms with E-state index in [0.717, 1.165) is 28.0 Å². The van der Waals surface area contributed by atoms with E-state index in [4.69, 9.17) is 4.42 Å². The fraction of sp³-hybridized carbons (Fsp3) is 0.136. The van der Waals surface area contributed by atoms with Crippen molar-refractivity contribution >= 4 is 62.9 Å². The van der Waals surface area contributed by atoms with Crippen LogP contribution in [-0.4, -0.2) is 6.71 Å². The number of furan rings is 1. The van der Waals surface area contributed by atoms with E-state index < -0.39 is 0 Å². The molecule has 0 spiro atoms. The first-order chi connectivity index (χ1) is 23.2. The van der Waals surface area contributed by atoms with Crippen molar-refractivity contribution in [2.24, 2.45) is 0 Å². The number of para-hydroxylation sites is 3. The van der Waals surface area contributed by atoms with Crippen LogP contribution >= 0.6 is 11.8 Å². The van der Waals surface area contributed by atoms with Crippen molar-refractivity contribution in [2.75, 3.05) is 4.90 Å². The third kappa shape index (κ3) is 5.25. The lowest BCUT2D eigenvalue weighted by Crippen LogP contribution is -2.56. The normalized spacial score (nSPS) is 12.2. The maximum absolute atomic E-state index is 6.59. The number of anilines is 3. The number of rotatable bonds is 5. The van der Waals surface area contributed by atoms with Gasteiger partial charge in [-0.25, -0.2) is 0 Å². The summed E-state index contributed by atoms with van der Waals surface area (Å²) in [7, 11) is 0.